The number of halogens is 3. The molecule has 5 nitrogen and oxygen atoms in total. The first kappa shape index (κ1) is 22.7. The number of amides is 1. The Hall–Kier alpha value is -2.55. The Morgan fingerprint density at radius 2 is 1.59 bits per heavy atom. The molecule has 0 fully saturated rings. The summed E-state index contributed by atoms with van der Waals surface area (Å²) < 4.78 is 64.0. The van der Waals surface area contributed by atoms with Crippen molar-refractivity contribution in [1.29, 1.82) is 0 Å². The normalized spacial score (nSPS) is 11.9. The van der Waals surface area contributed by atoms with Crippen molar-refractivity contribution in [2.24, 2.45) is 0 Å². The maximum absolute atomic E-state index is 13.0. The number of anilines is 2. The molecule has 0 unspecified atom stereocenters. The number of rotatable bonds is 7. The van der Waals surface area contributed by atoms with Crippen LogP contribution in [0.1, 0.15) is 30.5 Å². The van der Waals surface area contributed by atoms with Gasteiger partial charge >= 0.3 is 6.18 Å². The summed E-state index contributed by atoms with van der Waals surface area (Å²) in [5.74, 6) is -0.636. The van der Waals surface area contributed by atoms with Crippen LogP contribution in [-0.4, -0.2) is 27.1 Å². The molecule has 0 saturated carbocycles. The third kappa shape index (κ3) is 5.72. The fraction of sp³-hybridized carbons (Fsp3) is 0.350. The van der Waals surface area contributed by atoms with Crippen molar-refractivity contribution in [3.05, 3.63) is 59.2 Å². The predicted molar refractivity (Wildman–Crippen MR) is 107 cm³/mol. The van der Waals surface area contributed by atoms with Crippen molar-refractivity contribution >= 4 is 27.3 Å². The van der Waals surface area contributed by atoms with Gasteiger partial charge in [0.2, 0.25) is 15.9 Å². The van der Waals surface area contributed by atoms with Crippen LogP contribution in [0.15, 0.2) is 42.5 Å². The van der Waals surface area contributed by atoms with Crippen LogP contribution < -0.4 is 9.62 Å². The second kappa shape index (κ2) is 8.86. The number of nitrogens with one attached hydrogen (secondary N) is 1. The highest BCUT2D eigenvalue weighted by molar-refractivity contribution is 7.92. The zero-order valence-corrected chi connectivity index (χ0v) is 17.2. The van der Waals surface area contributed by atoms with E-state index in [1.165, 1.54) is 6.07 Å². The molecule has 0 aromatic heterocycles. The summed E-state index contributed by atoms with van der Waals surface area (Å²) in [6.07, 6.45) is -2.46. The second-order valence-electron chi connectivity index (χ2n) is 6.52. The van der Waals surface area contributed by atoms with E-state index in [1.54, 1.807) is 0 Å². The van der Waals surface area contributed by atoms with Crippen LogP contribution in [0.5, 0.6) is 0 Å². The zero-order chi connectivity index (χ0) is 21.8. The molecule has 158 valence electrons. The van der Waals surface area contributed by atoms with Crippen molar-refractivity contribution in [2.45, 2.75) is 32.9 Å². The topological polar surface area (TPSA) is 66.5 Å². The summed E-state index contributed by atoms with van der Waals surface area (Å²) in [4.78, 5) is 12.6. The van der Waals surface area contributed by atoms with Gasteiger partial charge in [-0.3, -0.25) is 9.10 Å². The highest BCUT2D eigenvalue weighted by Crippen LogP contribution is 2.32. The van der Waals surface area contributed by atoms with Gasteiger partial charge in [-0.25, -0.2) is 8.42 Å². The highest BCUT2D eigenvalue weighted by atomic mass is 32.2. The second-order valence-corrected chi connectivity index (χ2v) is 8.43. The number of para-hydroxylation sites is 1. The molecule has 2 aromatic carbocycles. The Balaban J connectivity index is 2.35. The van der Waals surface area contributed by atoms with Gasteiger partial charge in [0.1, 0.15) is 6.54 Å². The summed E-state index contributed by atoms with van der Waals surface area (Å²) in [6.45, 7) is 3.22. The quantitative estimate of drug-likeness (QED) is 0.718. The smallest absolute Gasteiger partial charge is 0.324 e. The number of hydrogen-bond acceptors (Lipinski definition) is 3. The molecule has 0 atom stereocenters. The van der Waals surface area contributed by atoms with Crippen molar-refractivity contribution in [1.82, 2.24) is 0 Å². The van der Waals surface area contributed by atoms with Gasteiger partial charge in [-0.05, 0) is 42.2 Å². The minimum atomic E-state index is -4.63. The molecule has 0 aliphatic heterocycles. The average Bonchev–Trinajstić information content (AvgIpc) is 2.64. The minimum absolute atomic E-state index is 0.225. The van der Waals surface area contributed by atoms with E-state index in [9.17, 15) is 26.4 Å². The van der Waals surface area contributed by atoms with Gasteiger partial charge in [-0.1, -0.05) is 38.1 Å². The van der Waals surface area contributed by atoms with Crippen molar-refractivity contribution in [3.63, 3.8) is 0 Å². The molecule has 9 heteroatoms. The first-order valence-electron chi connectivity index (χ1n) is 9.03. The van der Waals surface area contributed by atoms with Crippen molar-refractivity contribution in [2.75, 3.05) is 22.4 Å². The third-order valence-corrected chi connectivity index (χ3v) is 5.55. The molecule has 2 aromatic rings. The number of aryl methyl sites for hydroxylation is 2. The lowest BCUT2D eigenvalue weighted by atomic mass is 10.0. The Morgan fingerprint density at radius 3 is 2.07 bits per heavy atom. The van der Waals surface area contributed by atoms with E-state index in [4.69, 9.17) is 0 Å². The Bertz CT molecular complexity index is 966. The maximum Gasteiger partial charge on any atom is 0.416 e. The van der Waals surface area contributed by atoms with E-state index in [-0.39, 0.29) is 5.69 Å². The van der Waals surface area contributed by atoms with Crippen LogP contribution >= 0.6 is 0 Å². The highest BCUT2D eigenvalue weighted by Gasteiger charge is 2.32. The largest absolute Gasteiger partial charge is 0.416 e. The monoisotopic (exact) mass is 428 g/mol. The summed E-state index contributed by atoms with van der Waals surface area (Å²) in [6, 6.07) is 9.47. The van der Waals surface area contributed by atoms with E-state index in [0.717, 1.165) is 29.5 Å². The lowest BCUT2D eigenvalue weighted by Crippen LogP contribution is -2.37. The van der Waals surface area contributed by atoms with Crippen LogP contribution in [0.2, 0.25) is 0 Å². The van der Waals surface area contributed by atoms with Crippen LogP contribution in [0.4, 0.5) is 24.5 Å². The standard InChI is InChI=1S/C20H23F3N2O3S/c1-4-14-8-6-9-15(5-2)19(14)24-18(26)13-25(29(3,27)28)17-11-7-10-16(12-17)20(21,22)23/h6-12H,4-5,13H2,1-3H3,(H,24,26). The van der Waals surface area contributed by atoms with E-state index in [1.807, 2.05) is 32.0 Å². The summed E-state index contributed by atoms with van der Waals surface area (Å²) in [5.41, 5.74) is 1.18. The Labute approximate surface area is 168 Å². The van der Waals surface area contributed by atoms with Gasteiger partial charge < -0.3 is 5.32 Å². The lowest BCUT2D eigenvalue weighted by Gasteiger charge is -2.23. The summed E-state index contributed by atoms with van der Waals surface area (Å²) >= 11 is 0. The number of nitrogens with zero attached hydrogens (tertiary/aromatic N) is 1. The molecule has 1 N–H and O–H groups in total. The van der Waals surface area contributed by atoms with Gasteiger partial charge in [0, 0.05) is 5.69 Å². The molecule has 0 aliphatic carbocycles. The van der Waals surface area contributed by atoms with Crippen LogP contribution in [0.3, 0.4) is 0 Å². The fourth-order valence-corrected chi connectivity index (χ4v) is 3.80. The number of hydrogen-bond donors (Lipinski definition) is 1. The Morgan fingerprint density at radius 1 is 1.03 bits per heavy atom. The van der Waals surface area contributed by atoms with E-state index in [0.29, 0.717) is 28.9 Å². The lowest BCUT2D eigenvalue weighted by molar-refractivity contribution is -0.137. The maximum atomic E-state index is 13.0. The molecule has 0 aliphatic rings. The molecule has 0 saturated heterocycles. The molecule has 0 heterocycles. The number of carbonyl (C=O) groups is 1. The van der Waals surface area contributed by atoms with Crippen LogP contribution in [-0.2, 0) is 33.8 Å². The molecule has 2 rings (SSSR count). The number of sulfonamides is 1. The van der Waals surface area contributed by atoms with Crippen LogP contribution in [0, 0.1) is 0 Å². The van der Waals surface area contributed by atoms with E-state index < -0.39 is 34.2 Å². The number of carbonyl (C=O) groups excluding carboxylic acids is 1. The molecule has 1 amide bonds. The SMILES string of the molecule is CCc1cccc(CC)c1NC(=O)CN(c1cccc(C(F)(F)F)c1)S(C)(=O)=O. The van der Waals surface area contributed by atoms with Gasteiger partial charge in [0.15, 0.2) is 0 Å². The Kier molecular flexibility index (Phi) is 6.94. The van der Waals surface area contributed by atoms with Crippen molar-refractivity contribution < 1.29 is 26.4 Å². The molecule has 29 heavy (non-hydrogen) atoms. The van der Waals surface area contributed by atoms with Crippen LogP contribution in [0.25, 0.3) is 0 Å². The first-order valence-corrected chi connectivity index (χ1v) is 10.9. The summed E-state index contributed by atoms with van der Waals surface area (Å²) in [7, 11) is -3.99. The minimum Gasteiger partial charge on any atom is -0.324 e. The van der Waals surface area contributed by atoms with Crippen molar-refractivity contribution in [3.8, 4) is 0 Å². The molecule has 0 spiro atoms. The number of benzene rings is 2. The average molecular weight is 428 g/mol. The molecule has 0 radical (unpaired) electrons. The first-order chi connectivity index (χ1) is 13.5. The molecular weight excluding hydrogens is 405 g/mol. The number of alkyl halides is 3. The summed E-state index contributed by atoms with van der Waals surface area (Å²) in [5, 5.41) is 2.73. The van der Waals surface area contributed by atoms with Gasteiger partial charge in [-0.15, -0.1) is 0 Å². The molecular formula is C20H23F3N2O3S. The third-order valence-electron chi connectivity index (χ3n) is 4.41. The van der Waals surface area contributed by atoms with E-state index >= 15 is 0 Å². The van der Waals surface area contributed by atoms with Gasteiger partial charge in [0.25, 0.3) is 0 Å². The predicted octanol–water partition coefficient (Wildman–Crippen LogP) is 4.23. The fourth-order valence-electron chi connectivity index (χ4n) is 2.95. The molecule has 0 bridgehead atoms. The van der Waals surface area contributed by atoms with E-state index in [2.05, 4.69) is 5.32 Å². The van der Waals surface area contributed by atoms with Gasteiger partial charge in [0.05, 0.1) is 17.5 Å². The van der Waals surface area contributed by atoms with Gasteiger partial charge in [-0.2, -0.15) is 13.2 Å². The zero-order valence-electron chi connectivity index (χ0n) is 16.4.